The van der Waals surface area contributed by atoms with Crippen molar-refractivity contribution in [3.05, 3.63) is 11.8 Å². The molecule has 0 saturated carbocycles. The predicted molar refractivity (Wildman–Crippen MR) is 57.8 cm³/mol. The molecule has 0 amide bonds. The molecule has 0 aliphatic heterocycles. The van der Waals surface area contributed by atoms with Crippen LogP contribution >= 0.6 is 23.1 Å². The molecule has 5 nitrogen and oxygen atoms in total. The Balaban J connectivity index is 2.72. The van der Waals surface area contributed by atoms with Gasteiger partial charge in [-0.1, -0.05) is 23.1 Å². The fraction of sp³-hybridized carbons (Fsp3) is 0.125. The Labute approximate surface area is 92.8 Å². The summed E-state index contributed by atoms with van der Waals surface area (Å²) in [6.07, 6.45) is 3.00. The first-order valence-electron chi connectivity index (χ1n) is 3.89. The van der Waals surface area contributed by atoms with Crippen LogP contribution in [0.5, 0.6) is 5.75 Å². The van der Waals surface area contributed by atoms with Gasteiger partial charge in [-0.2, -0.15) is 0 Å². The predicted octanol–water partition coefficient (Wildman–Crippen LogP) is 1.82. The number of aromatic nitrogens is 2. The van der Waals surface area contributed by atoms with E-state index in [9.17, 15) is 9.90 Å². The molecule has 0 bridgehead atoms. The summed E-state index contributed by atoms with van der Waals surface area (Å²) in [4.78, 5) is 19.3. The van der Waals surface area contributed by atoms with E-state index in [0.717, 1.165) is 10.5 Å². The Morgan fingerprint density at radius 1 is 1.60 bits per heavy atom. The number of carboxylic acids is 1. The van der Waals surface area contributed by atoms with Crippen molar-refractivity contribution >= 4 is 39.4 Å². The van der Waals surface area contributed by atoms with Crippen LogP contribution in [0.1, 0.15) is 10.4 Å². The van der Waals surface area contributed by atoms with E-state index in [1.165, 1.54) is 23.1 Å². The Bertz CT molecular complexity index is 538. The SMILES string of the molecule is CSc1nc2c(O)c(C(=O)O)cnc2s1. The van der Waals surface area contributed by atoms with E-state index in [1.54, 1.807) is 0 Å². The second-order valence-electron chi connectivity index (χ2n) is 2.66. The molecule has 0 aromatic carbocycles. The summed E-state index contributed by atoms with van der Waals surface area (Å²) in [6.45, 7) is 0. The molecule has 0 radical (unpaired) electrons. The minimum atomic E-state index is -1.21. The fourth-order valence-corrected chi connectivity index (χ4v) is 2.49. The average molecular weight is 242 g/mol. The first kappa shape index (κ1) is 10.2. The molecule has 0 atom stereocenters. The molecule has 78 valence electrons. The summed E-state index contributed by atoms with van der Waals surface area (Å²) < 4.78 is 0.746. The molecular formula is C8H6N2O3S2. The third-order valence-corrected chi connectivity index (χ3v) is 3.73. The number of hydrogen-bond acceptors (Lipinski definition) is 6. The number of carbonyl (C=O) groups is 1. The monoisotopic (exact) mass is 242 g/mol. The van der Waals surface area contributed by atoms with E-state index in [-0.39, 0.29) is 16.8 Å². The van der Waals surface area contributed by atoms with Crippen LogP contribution in [0.15, 0.2) is 10.5 Å². The quantitative estimate of drug-likeness (QED) is 0.781. The van der Waals surface area contributed by atoms with Gasteiger partial charge in [-0.05, 0) is 6.26 Å². The molecule has 0 spiro atoms. The first-order valence-corrected chi connectivity index (χ1v) is 5.93. The highest BCUT2D eigenvalue weighted by Gasteiger charge is 2.16. The van der Waals surface area contributed by atoms with Crippen molar-refractivity contribution in [1.29, 1.82) is 0 Å². The minimum Gasteiger partial charge on any atom is -0.505 e. The second kappa shape index (κ2) is 3.67. The Morgan fingerprint density at radius 2 is 2.33 bits per heavy atom. The van der Waals surface area contributed by atoms with Crippen LogP contribution in [0.3, 0.4) is 0 Å². The summed E-state index contributed by atoms with van der Waals surface area (Å²) in [5, 5.41) is 18.4. The maximum Gasteiger partial charge on any atom is 0.341 e. The smallest absolute Gasteiger partial charge is 0.341 e. The fourth-order valence-electron chi connectivity index (χ4n) is 1.09. The third-order valence-electron chi connectivity index (χ3n) is 1.79. The highest BCUT2D eigenvalue weighted by Crippen LogP contribution is 2.33. The molecule has 0 aliphatic rings. The van der Waals surface area contributed by atoms with E-state index >= 15 is 0 Å². The van der Waals surface area contributed by atoms with Crippen molar-refractivity contribution in [2.75, 3.05) is 6.26 Å². The molecular weight excluding hydrogens is 236 g/mol. The molecule has 7 heteroatoms. The van der Waals surface area contributed by atoms with Gasteiger partial charge in [-0.25, -0.2) is 14.8 Å². The maximum absolute atomic E-state index is 10.7. The molecule has 2 heterocycles. The highest BCUT2D eigenvalue weighted by atomic mass is 32.2. The van der Waals surface area contributed by atoms with Crippen molar-refractivity contribution in [2.45, 2.75) is 4.34 Å². The zero-order valence-electron chi connectivity index (χ0n) is 7.59. The summed E-state index contributed by atoms with van der Waals surface area (Å²) in [5.41, 5.74) is 0.0321. The third kappa shape index (κ3) is 1.64. The number of aromatic carboxylic acids is 1. The highest BCUT2D eigenvalue weighted by molar-refractivity contribution is 8.00. The summed E-state index contributed by atoms with van der Waals surface area (Å²) in [5.74, 6) is -1.52. The number of fused-ring (bicyclic) bond motifs is 1. The standard InChI is InChI=1S/C8H6N2O3S2/c1-14-8-10-4-5(11)3(7(12)13)2-9-6(4)15-8/h2H,1H3,(H,9,11)(H,12,13). The van der Waals surface area contributed by atoms with E-state index in [2.05, 4.69) is 9.97 Å². The van der Waals surface area contributed by atoms with Gasteiger partial charge < -0.3 is 10.2 Å². The number of aromatic hydroxyl groups is 1. The molecule has 2 aromatic heterocycles. The Morgan fingerprint density at radius 3 is 2.93 bits per heavy atom. The van der Waals surface area contributed by atoms with Crippen molar-refractivity contribution in [3.63, 3.8) is 0 Å². The summed E-state index contributed by atoms with van der Waals surface area (Å²) in [7, 11) is 0. The van der Waals surface area contributed by atoms with E-state index in [4.69, 9.17) is 5.11 Å². The van der Waals surface area contributed by atoms with Crippen molar-refractivity contribution in [1.82, 2.24) is 9.97 Å². The van der Waals surface area contributed by atoms with Gasteiger partial charge in [0, 0.05) is 6.20 Å². The molecule has 0 fully saturated rings. The first-order chi connectivity index (χ1) is 7.13. The van der Waals surface area contributed by atoms with E-state index in [0.29, 0.717) is 4.83 Å². The number of thioether (sulfide) groups is 1. The number of thiazole rings is 1. The second-order valence-corrected chi connectivity index (χ2v) is 4.69. The molecule has 2 N–H and O–H groups in total. The lowest BCUT2D eigenvalue weighted by Crippen LogP contribution is -1.97. The number of hydrogen-bond donors (Lipinski definition) is 2. The summed E-state index contributed by atoms with van der Waals surface area (Å²) in [6, 6.07) is 0. The van der Waals surface area contributed by atoms with Crippen LogP contribution in [-0.2, 0) is 0 Å². The number of nitrogens with zero attached hydrogens (tertiary/aromatic N) is 2. The topological polar surface area (TPSA) is 83.3 Å². The molecule has 0 aliphatic carbocycles. The van der Waals surface area contributed by atoms with Gasteiger partial charge in [0.05, 0.1) is 0 Å². The molecule has 0 unspecified atom stereocenters. The van der Waals surface area contributed by atoms with Gasteiger partial charge in [0.15, 0.2) is 10.1 Å². The zero-order valence-corrected chi connectivity index (χ0v) is 9.22. The normalized spacial score (nSPS) is 10.7. The van der Waals surface area contributed by atoms with Crippen molar-refractivity contribution < 1.29 is 15.0 Å². The van der Waals surface area contributed by atoms with Crippen LogP contribution in [0.2, 0.25) is 0 Å². The minimum absolute atomic E-state index is 0.222. The van der Waals surface area contributed by atoms with Gasteiger partial charge in [-0.3, -0.25) is 0 Å². The van der Waals surface area contributed by atoms with Crippen LogP contribution in [-0.4, -0.2) is 32.4 Å². The lowest BCUT2D eigenvalue weighted by atomic mass is 10.2. The molecule has 2 rings (SSSR count). The number of rotatable bonds is 2. The molecule has 0 saturated heterocycles. The van der Waals surface area contributed by atoms with E-state index in [1.807, 2.05) is 6.26 Å². The van der Waals surface area contributed by atoms with E-state index < -0.39 is 5.97 Å². The van der Waals surface area contributed by atoms with Crippen LogP contribution in [0.25, 0.3) is 10.3 Å². The number of carboxylic acid groups (broad SMARTS) is 1. The molecule has 2 aromatic rings. The van der Waals surface area contributed by atoms with Crippen LogP contribution in [0.4, 0.5) is 0 Å². The van der Waals surface area contributed by atoms with Gasteiger partial charge in [-0.15, -0.1) is 0 Å². The zero-order chi connectivity index (χ0) is 11.0. The van der Waals surface area contributed by atoms with Gasteiger partial charge in [0.2, 0.25) is 0 Å². The lowest BCUT2D eigenvalue weighted by molar-refractivity contribution is 0.0693. The molecule has 15 heavy (non-hydrogen) atoms. The van der Waals surface area contributed by atoms with Gasteiger partial charge in [0.1, 0.15) is 15.9 Å². The Hall–Kier alpha value is -1.34. The van der Waals surface area contributed by atoms with Crippen LogP contribution in [0, 0.1) is 0 Å². The maximum atomic E-state index is 10.7. The van der Waals surface area contributed by atoms with Crippen molar-refractivity contribution in [3.8, 4) is 5.75 Å². The number of pyridine rings is 1. The largest absolute Gasteiger partial charge is 0.505 e. The van der Waals surface area contributed by atoms with Crippen LogP contribution < -0.4 is 0 Å². The Kier molecular flexibility index (Phi) is 2.49. The lowest BCUT2D eigenvalue weighted by Gasteiger charge is -1.97. The van der Waals surface area contributed by atoms with Gasteiger partial charge >= 0.3 is 5.97 Å². The van der Waals surface area contributed by atoms with Crippen molar-refractivity contribution in [2.24, 2.45) is 0 Å². The average Bonchev–Trinajstić information content (AvgIpc) is 2.61. The summed E-state index contributed by atoms with van der Waals surface area (Å²) >= 11 is 2.75. The van der Waals surface area contributed by atoms with Gasteiger partial charge in [0.25, 0.3) is 0 Å².